The summed E-state index contributed by atoms with van der Waals surface area (Å²) in [6.45, 7) is -0.444. The van der Waals surface area contributed by atoms with Gasteiger partial charge in [0.05, 0.1) is 16.2 Å². The Bertz CT molecular complexity index is 1530. The molecule has 35 heavy (non-hydrogen) atoms. The first-order valence-corrected chi connectivity index (χ1v) is 11.5. The van der Waals surface area contributed by atoms with Gasteiger partial charge in [-0.1, -0.05) is 71.8 Å². The van der Waals surface area contributed by atoms with Gasteiger partial charge < -0.3 is 9.84 Å². The predicted octanol–water partition coefficient (Wildman–Crippen LogP) is 7.53. The number of aromatic nitrogens is 1. The second kappa shape index (κ2) is 9.62. The van der Waals surface area contributed by atoms with E-state index in [4.69, 9.17) is 27.9 Å². The highest BCUT2D eigenvalue weighted by Gasteiger charge is 2.24. The third kappa shape index (κ3) is 4.84. The molecule has 3 aromatic carbocycles. The van der Waals surface area contributed by atoms with E-state index in [9.17, 15) is 14.3 Å². The van der Waals surface area contributed by atoms with Gasteiger partial charge in [0.25, 0.3) is 0 Å². The molecule has 0 aliphatic heterocycles. The van der Waals surface area contributed by atoms with Gasteiger partial charge in [0, 0.05) is 10.4 Å². The van der Waals surface area contributed by atoms with Crippen molar-refractivity contribution in [1.82, 2.24) is 4.98 Å². The van der Waals surface area contributed by atoms with Crippen molar-refractivity contribution in [2.45, 2.75) is 6.10 Å². The molecule has 1 aromatic heterocycles. The molecule has 1 aliphatic rings. The minimum atomic E-state index is -1.05. The van der Waals surface area contributed by atoms with Crippen molar-refractivity contribution in [2.24, 2.45) is 0 Å². The Kier molecular flexibility index (Phi) is 6.39. The molecule has 0 amide bonds. The van der Waals surface area contributed by atoms with Crippen LogP contribution in [-0.2, 0) is 9.53 Å². The van der Waals surface area contributed by atoms with Crippen molar-refractivity contribution in [1.29, 1.82) is 0 Å². The van der Waals surface area contributed by atoms with Gasteiger partial charge >= 0.3 is 5.97 Å². The van der Waals surface area contributed by atoms with Crippen molar-refractivity contribution in [2.75, 3.05) is 6.61 Å². The first-order chi connectivity index (χ1) is 16.9. The van der Waals surface area contributed by atoms with E-state index in [-0.39, 0.29) is 5.02 Å². The Morgan fingerprint density at radius 1 is 1.00 bits per heavy atom. The van der Waals surface area contributed by atoms with E-state index in [2.05, 4.69) is 4.98 Å². The Hall–Kier alpha value is -3.51. The van der Waals surface area contributed by atoms with Gasteiger partial charge in [-0.3, -0.25) is 0 Å². The zero-order valence-corrected chi connectivity index (χ0v) is 19.7. The number of nitrogens with zero attached hydrogens (tertiary/aromatic N) is 1. The molecule has 7 heteroatoms. The maximum absolute atomic E-state index is 13.7. The Morgan fingerprint density at radius 3 is 2.69 bits per heavy atom. The smallest absolute Gasteiger partial charge is 0.329 e. The summed E-state index contributed by atoms with van der Waals surface area (Å²) in [6, 6.07) is 17.8. The summed E-state index contributed by atoms with van der Waals surface area (Å²) in [5.74, 6) is -1.53. The molecular formula is C28H18Cl2FNO3. The average Bonchev–Trinajstić information content (AvgIpc) is 2.99. The fourth-order valence-electron chi connectivity index (χ4n) is 4.12. The monoisotopic (exact) mass is 505 g/mol. The van der Waals surface area contributed by atoms with Crippen molar-refractivity contribution in [3.8, 4) is 0 Å². The molecule has 0 saturated heterocycles. The molecule has 1 N–H and O–H groups in total. The van der Waals surface area contributed by atoms with Crippen molar-refractivity contribution in [3.05, 3.63) is 110 Å². The summed E-state index contributed by atoms with van der Waals surface area (Å²) < 4.78 is 19.5. The second-order valence-electron chi connectivity index (χ2n) is 8.08. The van der Waals surface area contributed by atoms with Gasteiger partial charge in [-0.05, 0) is 64.2 Å². The number of ether oxygens (including phenoxy) is 1. The summed E-state index contributed by atoms with van der Waals surface area (Å²) in [5, 5.41) is 10.5. The fourth-order valence-corrected chi connectivity index (χ4v) is 4.52. The highest BCUT2D eigenvalue weighted by molar-refractivity contribution is 6.32. The van der Waals surface area contributed by atoms with E-state index in [1.54, 1.807) is 18.2 Å². The van der Waals surface area contributed by atoms with Gasteiger partial charge in [0.15, 0.2) is 0 Å². The molecule has 0 saturated carbocycles. The topological polar surface area (TPSA) is 59.4 Å². The molecule has 5 rings (SSSR count). The van der Waals surface area contributed by atoms with Crippen LogP contribution >= 0.6 is 23.2 Å². The Morgan fingerprint density at radius 2 is 1.86 bits per heavy atom. The van der Waals surface area contributed by atoms with Gasteiger partial charge in [-0.25, -0.2) is 14.2 Å². The van der Waals surface area contributed by atoms with E-state index >= 15 is 0 Å². The van der Waals surface area contributed by atoms with Crippen LogP contribution < -0.4 is 0 Å². The highest BCUT2D eigenvalue weighted by Crippen LogP contribution is 2.38. The SMILES string of the molecule is O=C(O)COC1c2cc(/C=C/c3ccc4cc(F)c(Cl)cc4n3)ccc2C=Cc2c(Cl)cccc21. The van der Waals surface area contributed by atoms with Crippen LogP contribution in [0, 0.1) is 5.82 Å². The van der Waals surface area contributed by atoms with E-state index < -0.39 is 24.5 Å². The molecule has 4 aromatic rings. The zero-order valence-electron chi connectivity index (χ0n) is 18.2. The lowest BCUT2D eigenvalue weighted by atomic mass is 9.94. The number of rotatable bonds is 5. The van der Waals surface area contributed by atoms with Crippen LogP contribution in [0.1, 0.15) is 39.6 Å². The largest absolute Gasteiger partial charge is 0.480 e. The van der Waals surface area contributed by atoms with Crippen molar-refractivity contribution in [3.63, 3.8) is 0 Å². The minimum absolute atomic E-state index is 0.0257. The van der Waals surface area contributed by atoms with Crippen LogP contribution in [0.3, 0.4) is 0 Å². The first kappa shape index (κ1) is 23.2. The number of hydrogen-bond donors (Lipinski definition) is 1. The van der Waals surface area contributed by atoms with E-state index in [0.717, 1.165) is 27.8 Å². The summed E-state index contributed by atoms with van der Waals surface area (Å²) >= 11 is 12.3. The highest BCUT2D eigenvalue weighted by atomic mass is 35.5. The molecule has 0 radical (unpaired) electrons. The quantitative estimate of drug-likeness (QED) is 0.304. The number of hydrogen-bond acceptors (Lipinski definition) is 3. The number of carbonyl (C=O) groups is 1. The molecular weight excluding hydrogens is 488 g/mol. The number of carboxylic acids is 1. The molecule has 1 unspecified atom stereocenters. The van der Waals surface area contributed by atoms with Crippen LogP contribution in [0.4, 0.5) is 4.39 Å². The lowest BCUT2D eigenvalue weighted by molar-refractivity contribution is -0.143. The van der Waals surface area contributed by atoms with Crippen LogP contribution in [0.5, 0.6) is 0 Å². The molecule has 1 heterocycles. The molecule has 0 spiro atoms. The molecule has 1 aliphatic carbocycles. The maximum atomic E-state index is 13.7. The lowest BCUT2D eigenvalue weighted by Gasteiger charge is -2.21. The van der Waals surface area contributed by atoms with E-state index in [0.29, 0.717) is 21.6 Å². The molecule has 0 fully saturated rings. The Labute approximate surface area is 210 Å². The maximum Gasteiger partial charge on any atom is 0.329 e. The predicted molar refractivity (Wildman–Crippen MR) is 138 cm³/mol. The Balaban J connectivity index is 1.52. The number of fused-ring (bicyclic) bond motifs is 3. The molecule has 1 atom stereocenters. The summed E-state index contributed by atoms with van der Waals surface area (Å²) in [6.07, 6.45) is 7.02. The van der Waals surface area contributed by atoms with Gasteiger partial charge in [0.2, 0.25) is 0 Å². The van der Waals surface area contributed by atoms with Crippen molar-refractivity contribution < 1.29 is 19.0 Å². The van der Waals surface area contributed by atoms with Gasteiger partial charge in [-0.15, -0.1) is 0 Å². The number of benzene rings is 3. The fraction of sp³-hybridized carbons (Fsp3) is 0.0714. The summed E-state index contributed by atoms with van der Waals surface area (Å²) in [7, 11) is 0. The van der Waals surface area contributed by atoms with Crippen LogP contribution in [0.15, 0.2) is 60.7 Å². The first-order valence-electron chi connectivity index (χ1n) is 10.8. The van der Waals surface area contributed by atoms with Gasteiger partial charge in [0.1, 0.15) is 18.5 Å². The second-order valence-corrected chi connectivity index (χ2v) is 8.89. The number of halogens is 3. The number of pyridine rings is 1. The van der Waals surface area contributed by atoms with Gasteiger partial charge in [-0.2, -0.15) is 0 Å². The standard InChI is InChI=1S/C28H18Cl2FNO3/c29-23-3-1-2-21-20(23)11-8-17-6-4-16(12-22(17)28(21)35-15-27(33)34)5-9-19-10-7-18-13-25(31)24(30)14-26(18)32-19/h1-14,28H,15H2,(H,33,34)/b9-5+. The van der Waals surface area contributed by atoms with E-state index in [1.165, 1.54) is 12.1 Å². The zero-order chi connectivity index (χ0) is 24.5. The minimum Gasteiger partial charge on any atom is -0.480 e. The van der Waals surface area contributed by atoms with Crippen molar-refractivity contribution >= 4 is 64.4 Å². The summed E-state index contributed by atoms with van der Waals surface area (Å²) in [5.41, 5.74) is 5.51. The lowest BCUT2D eigenvalue weighted by Crippen LogP contribution is -2.14. The number of aliphatic carboxylic acids is 1. The summed E-state index contributed by atoms with van der Waals surface area (Å²) in [4.78, 5) is 15.8. The van der Waals surface area contributed by atoms with Crippen LogP contribution in [0.25, 0.3) is 35.2 Å². The molecule has 0 bridgehead atoms. The third-order valence-corrected chi connectivity index (χ3v) is 6.38. The normalized spacial score (nSPS) is 14.7. The third-order valence-electron chi connectivity index (χ3n) is 5.76. The van der Waals surface area contributed by atoms with Crippen LogP contribution in [-0.4, -0.2) is 22.7 Å². The molecule has 174 valence electrons. The van der Waals surface area contributed by atoms with Crippen LogP contribution in [0.2, 0.25) is 10.0 Å². The van der Waals surface area contributed by atoms with E-state index in [1.807, 2.05) is 54.6 Å². The number of carboxylic acid groups (broad SMARTS) is 1. The molecule has 4 nitrogen and oxygen atoms in total. The average molecular weight is 506 g/mol.